The molecule has 1 aromatic heterocycles. The molecule has 0 saturated carbocycles. The number of aldehydes is 1. The van der Waals surface area contributed by atoms with E-state index in [2.05, 4.69) is 15.7 Å². The van der Waals surface area contributed by atoms with Crippen molar-refractivity contribution in [2.75, 3.05) is 13.1 Å². The lowest BCUT2D eigenvalue weighted by Gasteiger charge is -2.42. The van der Waals surface area contributed by atoms with Crippen LogP contribution < -0.4 is 10.7 Å². The van der Waals surface area contributed by atoms with Gasteiger partial charge in [0.2, 0.25) is 11.8 Å². The number of urea groups is 1. The van der Waals surface area contributed by atoms with Crippen LogP contribution in [0.5, 0.6) is 0 Å². The van der Waals surface area contributed by atoms with Gasteiger partial charge in [0.1, 0.15) is 12.3 Å². The number of amides is 5. The SMILES string of the molecule is O=CC(CC(=O)O)NC(=O)C1CCCN2C(=O)CCN(NC(=O)c3ccnc4ccccc34)C(=O)N12. The number of benzene rings is 1. The van der Waals surface area contributed by atoms with Gasteiger partial charge in [0.25, 0.3) is 5.91 Å². The molecule has 188 valence electrons. The van der Waals surface area contributed by atoms with Gasteiger partial charge in [0.15, 0.2) is 0 Å². The summed E-state index contributed by atoms with van der Waals surface area (Å²) in [6.07, 6.45) is 1.64. The minimum Gasteiger partial charge on any atom is -0.481 e. The molecule has 2 fully saturated rings. The molecule has 13 nitrogen and oxygen atoms in total. The molecule has 0 bridgehead atoms. The molecule has 1 aromatic carbocycles. The largest absolute Gasteiger partial charge is 0.481 e. The molecule has 3 heterocycles. The van der Waals surface area contributed by atoms with Gasteiger partial charge in [-0.2, -0.15) is 0 Å². The van der Waals surface area contributed by atoms with Crippen LogP contribution in [-0.2, 0) is 19.2 Å². The number of nitrogens with zero attached hydrogens (tertiary/aromatic N) is 4. The Hall–Kier alpha value is -4.55. The van der Waals surface area contributed by atoms with E-state index in [1.165, 1.54) is 12.3 Å². The molecule has 36 heavy (non-hydrogen) atoms. The highest BCUT2D eigenvalue weighted by Gasteiger charge is 2.44. The van der Waals surface area contributed by atoms with Gasteiger partial charge in [-0.15, -0.1) is 0 Å². The van der Waals surface area contributed by atoms with Crippen LogP contribution in [0, 0.1) is 0 Å². The number of hydrazine groups is 2. The van der Waals surface area contributed by atoms with E-state index in [1.807, 2.05) is 0 Å². The first-order valence-electron chi connectivity index (χ1n) is 11.3. The number of pyridine rings is 1. The highest BCUT2D eigenvalue weighted by molar-refractivity contribution is 6.06. The summed E-state index contributed by atoms with van der Waals surface area (Å²) in [5, 5.41) is 15.0. The quantitative estimate of drug-likeness (QED) is 0.452. The van der Waals surface area contributed by atoms with Crippen molar-refractivity contribution >= 4 is 46.9 Å². The molecule has 2 unspecified atom stereocenters. The van der Waals surface area contributed by atoms with E-state index < -0.39 is 48.2 Å². The molecule has 0 radical (unpaired) electrons. The Bertz CT molecular complexity index is 1230. The summed E-state index contributed by atoms with van der Waals surface area (Å²) in [6, 6.07) is 5.24. The number of carbonyl (C=O) groups excluding carboxylic acids is 5. The monoisotopic (exact) mass is 496 g/mol. The second kappa shape index (κ2) is 10.4. The van der Waals surface area contributed by atoms with Gasteiger partial charge in [-0.05, 0) is 25.0 Å². The Balaban J connectivity index is 1.57. The minimum absolute atomic E-state index is 0.0933. The number of carbonyl (C=O) groups is 6. The van der Waals surface area contributed by atoms with Crippen molar-refractivity contribution < 1.29 is 33.9 Å². The highest BCUT2D eigenvalue weighted by Crippen LogP contribution is 2.24. The highest BCUT2D eigenvalue weighted by atomic mass is 16.4. The third-order valence-electron chi connectivity index (χ3n) is 5.99. The predicted molar refractivity (Wildman–Crippen MR) is 123 cm³/mol. The number of hydrogen-bond donors (Lipinski definition) is 3. The molecule has 0 spiro atoms. The first-order chi connectivity index (χ1) is 17.3. The van der Waals surface area contributed by atoms with Crippen molar-refractivity contribution in [1.82, 2.24) is 30.8 Å². The zero-order valence-electron chi connectivity index (χ0n) is 19.1. The van der Waals surface area contributed by atoms with Crippen LogP contribution in [0.25, 0.3) is 10.9 Å². The number of hydrogen-bond acceptors (Lipinski definition) is 7. The smallest absolute Gasteiger partial charge is 0.358 e. The number of aromatic nitrogens is 1. The average molecular weight is 496 g/mol. The standard InChI is InChI=1S/C23H24N6O7/c30-13-14(12-20(32)33)25-22(35)18-6-3-10-28-19(31)8-11-27(23(36)29(18)28)26-21(34)16-7-9-24-17-5-2-1-4-15(16)17/h1-2,4-5,7,9,13-14,18H,3,6,8,10-12H2,(H,25,35)(H,26,34)(H,32,33). The van der Waals surface area contributed by atoms with Crippen LogP contribution in [0.15, 0.2) is 36.5 Å². The fraction of sp³-hybridized carbons (Fsp3) is 0.348. The van der Waals surface area contributed by atoms with Crippen molar-refractivity contribution in [3.8, 4) is 0 Å². The number of nitrogens with one attached hydrogen (secondary N) is 2. The molecule has 2 saturated heterocycles. The lowest BCUT2D eigenvalue weighted by Crippen LogP contribution is -2.64. The van der Waals surface area contributed by atoms with E-state index in [9.17, 15) is 28.8 Å². The summed E-state index contributed by atoms with van der Waals surface area (Å²) in [5.41, 5.74) is 3.40. The molecule has 3 N–H and O–H groups in total. The zero-order chi connectivity index (χ0) is 25.8. The summed E-state index contributed by atoms with van der Waals surface area (Å²) >= 11 is 0. The Morgan fingerprint density at radius 1 is 1.17 bits per heavy atom. The number of para-hydroxylation sites is 1. The summed E-state index contributed by atoms with van der Waals surface area (Å²) in [6.45, 7) is 0.0705. The summed E-state index contributed by atoms with van der Waals surface area (Å²) in [5.74, 6) is -3.06. The topological polar surface area (TPSA) is 169 Å². The van der Waals surface area contributed by atoms with E-state index >= 15 is 0 Å². The first kappa shape index (κ1) is 24.6. The van der Waals surface area contributed by atoms with E-state index in [4.69, 9.17) is 5.11 Å². The van der Waals surface area contributed by atoms with Crippen LogP contribution in [0.4, 0.5) is 4.79 Å². The van der Waals surface area contributed by atoms with E-state index in [-0.39, 0.29) is 31.5 Å². The lowest BCUT2D eigenvalue weighted by molar-refractivity contribution is -0.155. The molecule has 0 aliphatic carbocycles. The Morgan fingerprint density at radius 2 is 1.94 bits per heavy atom. The number of carboxylic acids is 1. The lowest BCUT2D eigenvalue weighted by atomic mass is 10.1. The fourth-order valence-corrected chi connectivity index (χ4v) is 4.29. The van der Waals surface area contributed by atoms with Crippen LogP contribution in [0.3, 0.4) is 0 Å². The van der Waals surface area contributed by atoms with Crippen molar-refractivity contribution in [3.05, 3.63) is 42.1 Å². The van der Waals surface area contributed by atoms with E-state index in [1.54, 1.807) is 24.3 Å². The van der Waals surface area contributed by atoms with Gasteiger partial charge in [0.05, 0.1) is 30.1 Å². The first-order valence-corrected chi connectivity index (χ1v) is 11.3. The van der Waals surface area contributed by atoms with Gasteiger partial charge in [0, 0.05) is 24.5 Å². The summed E-state index contributed by atoms with van der Waals surface area (Å²) < 4.78 is 0. The molecule has 4 rings (SSSR count). The molecule has 13 heteroatoms. The van der Waals surface area contributed by atoms with Crippen LogP contribution >= 0.6 is 0 Å². The average Bonchev–Trinajstić information content (AvgIpc) is 2.99. The normalized spacial score (nSPS) is 18.8. The number of fused-ring (bicyclic) bond motifs is 2. The van der Waals surface area contributed by atoms with E-state index in [0.717, 1.165) is 15.0 Å². The zero-order valence-corrected chi connectivity index (χ0v) is 19.1. The van der Waals surface area contributed by atoms with Crippen LogP contribution in [0.1, 0.15) is 36.0 Å². The molecular formula is C23H24N6O7. The van der Waals surface area contributed by atoms with E-state index in [0.29, 0.717) is 23.6 Å². The third kappa shape index (κ3) is 4.94. The van der Waals surface area contributed by atoms with Gasteiger partial charge < -0.3 is 15.2 Å². The number of aliphatic carboxylic acids is 1. The van der Waals surface area contributed by atoms with Gasteiger partial charge in [-0.1, -0.05) is 18.2 Å². The fourth-order valence-electron chi connectivity index (χ4n) is 4.29. The molecule has 5 amide bonds. The van der Waals surface area contributed by atoms with Gasteiger partial charge in [-0.25, -0.2) is 19.8 Å². The Morgan fingerprint density at radius 3 is 2.69 bits per heavy atom. The molecule has 2 atom stereocenters. The van der Waals surface area contributed by atoms with Crippen LogP contribution in [-0.4, -0.2) is 86.3 Å². The minimum atomic E-state index is -1.29. The summed E-state index contributed by atoms with van der Waals surface area (Å²) in [4.78, 5) is 78.7. The summed E-state index contributed by atoms with van der Waals surface area (Å²) in [7, 11) is 0. The molecule has 2 aromatic rings. The van der Waals surface area contributed by atoms with Crippen molar-refractivity contribution in [3.63, 3.8) is 0 Å². The Kier molecular flexibility index (Phi) is 7.08. The number of rotatable bonds is 7. The molecule has 2 aliphatic rings. The second-order valence-electron chi connectivity index (χ2n) is 8.37. The molecule has 2 aliphatic heterocycles. The Labute approximate surface area is 205 Å². The number of carboxylic acid groups (broad SMARTS) is 1. The van der Waals surface area contributed by atoms with Crippen molar-refractivity contribution in [2.45, 2.75) is 37.8 Å². The second-order valence-corrected chi connectivity index (χ2v) is 8.37. The third-order valence-corrected chi connectivity index (χ3v) is 5.99. The van der Waals surface area contributed by atoms with Gasteiger partial charge in [-0.3, -0.25) is 29.6 Å². The predicted octanol–water partition coefficient (Wildman–Crippen LogP) is 0.0717. The molecular weight excluding hydrogens is 472 g/mol. The van der Waals surface area contributed by atoms with Gasteiger partial charge >= 0.3 is 12.0 Å². The van der Waals surface area contributed by atoms with Crippen molar-refractivity contribution in [1.29, 1.82) is 0 Å². The maximum absolute atomic E-state index is 13.5. The maximum Gasteiger partial charge on any atom is 0.358 e. The van der Waals surface area contributed by atoms with Crippen LogP contribution in [0.2, 0.25) is 0 Å². The van der Waals surface area contributed by atoms with Crippen molar-refractivity contribution in [2.24, 2.45) is 0 Å². The maximum atomic E-state index is 13.5.